The quantitative estimate of drug-likeness (QED) is 0.882. The number of H-pyrrole nitrogens is 1. The molecular formula is C15H17FN2O3. The van der Waals surface area contributed by atoms with Crippen LogP contribution in [0.5, 0.6) is 0 Å². The molecule has 2 unspecified atom stereocenters. The van der Waals surface area contributed by atoms with E-state index in [0.717, 1.165) is 5.57 Å². The second-order valence-corrected chi connectivity index (χ2v) is 5.41. The lowest BCUT2D eigenvalue weighted by molar-refractivity contribution is -0.0181. The monoisotopic (exact) mass is 292 g/mol. The van der Waals surface area contributed by atoms with Gasteiger partial charge in [0.15, 0.2) is 0 Å². The predicted octanol–water partition coefficient (Wildman–Crippen LogP) is 1.56. The Kier molecular flexibility index (Phi) is 3.43. The first-order chi connectivity index (χ1) is 9.97. The summed E-state index contributed by atoms with van der Waals surface area (Å²) in [5.74, 6) is -0.440. The van der Waals surface area contributed by atoms with Gasteiger partial charge in [0.05, 0.1) is 29.7 Å². The van der Waals surface area contributed by atoms with Crippen LogP contribution in [0.4, 0.5) is 4.39 Å². The minimum absolute atomic E-state index is 0.245. The number of aromatic amines is 1. The highest BCUT2D eigenvalue weighted by Gasteiger charge is 2.22. The van der Waals surface area contributed by atoms with Crippen molar-refractivity contribution >= 4 is 16.5 Å². The highest BCUT2D eigenvalue weighted by Crippen LogP contribution is 2.27. The van der Waals surface area contributed by atoms with Crippen LogP contribution in [0.3, 0.4) is 0 Å². The zero-order valence-electron chi connectivity index (χ0n) is 11.9. The molecular weight excluding hydrogens is 275 g/mol. The fourth-order valence-corrected chi connectivity index (χ4v) is 2.61. The first-order valence-electron chi connectivity index (χ1n) is 6.84. The van der Waals surface area contributed by atoms with Gasteiger partial charge in [-0.3, -0.25) is 14.6 Å². The molecule has 2 N–H and O–H groups in total. The number of aromatic nitrogens is 2. The number of ether oxygens (including phenoxy) is 1. The summed E-state index contributed by atoms with van der Waals surface area (Å²) in [4.78, 5) is 11.8. The number of aryl methyl sites for hydroxylation is 1. The number of rotatable bonds is 2. The van der Waals surface area contributed by atoms with Gasteiger partial charge in [0.1, 0.15) is 5.82 Å². The maximum atomic E-state index is 14.2. The van der Waals surface area contributed by atoms with Gasteiger partial charge in [-0.2, -0.15) is 0 Å². The van der Waals surface area contributed by atoms with Gasteiger partial charge in [-0.1, -0.05) is 6.08 Å². The lowest BCUT2D eigenvalue weighted by atomic mass is 9.99. The van der Waals surface area contributed by atoms with Crippen LogP contribution in [0.2, 0.25) is 0 Å². The molecule has 0 amide bonds. The highest BCUT2D eigenvalue weighted by molar-refractivity contribution is 5.83. The summed E-state index contributed by atoms with van der Waals surface area (Å²) in [7, 11) is 1.59. The van der Waals surface area contributed by atoms with E-state index in [1.807, 2.05) is 6.08 Å². The number of hydrogen-bond acceptors (Lipinski definition) is 3. The van der Waals surface area contributed by atoms with Crippen molar-refractivity contribution in [3.8, 4) is 0 Å². The van der Waals surface area contributed by atoms with Crippen molar-refractivity contribution in [1.29, 1.82) is 0 Å². The summed E-state index contributed by atoms with van der Waals surface area (Å²) in [6.45, 7) is 1.92. The van der Waals surface area contributed by atoms with Crippen LogP contribution < -0.4 is 5.56 Å². The zero-order valence-corrected chi connectivity index (χ0v) is 11.9. The number of benzene rings is 1. The van der Waals surface area contributed by atoms with Gasteiger partial charge >= 0.3 is 0 Å². The van der Waals surface area contributed by atoms with E-state index in [1.54, 1.807) is 20.0 Å². The number of nitrogens with one attached hydrogen (secondary N) is 1. The predicted molar refractivity (Wildman–Crippen MR) is 77.5 cm³/mol. The summed E-state index contributed by atoms with van der Waals surface area (Å²) in [6, 6.07) is 2.88. The van der Waals surface area contributed by atoms with Crippen LogP contribution in [0.25, 0.3) is 16.5 Å². The molecule has 0 saturated carbocycles. The lowest BCUT2D eigenvalue weighted by Gasteiger charge is -2.25. The number of aliphatic hydroxyl groups excluding tert-OH is 1. The van der Waals surface area contributed by atoms with Crippen LogP contribution in [0.1, 0.15) is 18.9 Å². The van der Waals surface area contributed by atoms with Gasteiger partial charge in [0.2, 0.25) is 0 Å². The van der Waals surface area contributed by atoms with Gasteiger partial charge in [-0.15, -0.1) is 0 Å². The summed E-state index contributed by atoms with van der Waals surface area (Å²) in [5.41, 5.74) is 1.50. The Morgan fingerprint density at radius 2 is 2.29 bits per heavy atom. The molecule has 0 bridgehead atoms. The smallest absolute Gasteiger partial charge is 0.274 e. The van der Waals surface area contributed by atoms with Crippen LogP contribution in [-0.4, -0.2) is 33.7 Å². The van der Waals surface area contributed by atoms with Gasteiger partial charge in [0.25, 0.3) is 5.56 Å². The Balaban J connectivity index is 2.02. The molecule has 21 heavy (non-hydrogen) atoms. The second-order valence-electron chi connectivity index (χ2n) is 5.41. The summed E-state index contributed by atoms with van der Waals surface area (Å²) >= 11 is 0. The molecule has 6 heteroatoms. The normalized spacial score (nSPS) is 20.6. The molecule has 0 spiro atoms. The minimum atomic E-state index is -0.555. The SMILES string of the molecule is CC(O)C1CC=C(c2cc3[nH]n(C)c(=O)c3cc2F)CO1. The van der Waals surface area contributed by atoms with Crippen molar-refractivity contribution in [2.45, 2.75) is 25.6 Å². The summed E-state index contributed by atoms with van der Waals surface area (Å²) < 4.78 is 21.1. The lowest BCUT2D eigenvalue weighted by Crippen LogP contribution is -2.29. The summed E-state index contributed by atoms with van der Waals surface area (Å²) in [6.07, 6.45) is 1.61. The second kappa shape index (κ2) is 5.13. The Morgan fingerprint density at radius 1 is 1.52 bits per heavy atom. The molecule has 0 aliphatic carbocycles. The van der Waals surface area contributed by atoms with Crippen molar-refractivity contribution < 1.29 is 14.2 Å². The molecule has 1 aromatic heterocycles. The molecule has 112 valence electrons. The van der Waals surface area contributed by atoms with E-state index in [4.69, 9.17) is 4.74 Å². The molecule has 1 aromatic carbocycles. The first-order valence-corrected chi connectivity index (χ1v) is 6.84. The Bertz CT molecular complexity index is 773. The molecule has 5 nitrogen and oxygen atoms in total. The Morgan fingerprint density at radius 3 is 2.90 bits per heavy atom. The standard InChI is InChI=1S/C15H17FN2O3/c1-8(19)14-4-3-9(7-21-14)10-6-13-11(5-12(10)16)15(20)18(2)17-13/h3,5-6,8,14,17,19H,4,7H2,1-2H3. The molecule has 1 aliphatic rings. The molecule has 3 rings (SSSR count). The fraction of sp³-hybridized carbons (Fsp3) is 0.400. The average molecular weight is 292 g/mol. The van der Waals surface area contributed by atoms with Gasteiger partial charge in [-0.25, -0.2) is 4.39 Å². The molecule has 1 aliphatic heterocycles. The van der Waals surface area contributed by atoms with Crippen LogP contribution in [0, 0.1) is 5.82 Å². The van der Waals surface area contributed by atoms with Crippen LogP contribution in [-0.2, 0) is 11.8 Å². The third-order valence-corrected chi connectivity index (χ3v) is 3.86. The van der Waals surface area contributed by atoms with Crippen molar-refractivity contribution in [1.82, 2.24) is 9.78 Å². The van der Waals surface area contributed by atoms with E-state index in [-0.39, 0.29) is 18.3 Å². The topological polar surface area (TPSA) is 67.2 Å². The molecule has 0 fully saturated rings. The van der Waals surface area contributed by atoms with Crippen molar-refractivity contribution in [2.75, 3.05) is 6.61 Å². The molecule has 2 aromatic rings. The third-order valence-electron chi connectivity index (χ3n) is 3.86. The highest BCUT2D eigenvalue weighted by atomic mass is 19.1. The molecule has 0 saturated heterocycles. The third kappa shape index (κ3) is 2.41. The van der Waals surface area contributed by atoms with Crippen molar-refractivity contribution in [3.63, 3.8) is 0 Å². The van der Waals surface area contributed by atoms with E-state index in [2.05, 4.69) is 5.10 Å². The average Bonchev–Trinajstić information content (AvgIpc) is 2.73. The summed E-state index contributed by atoms with van der Waals surface area (Å²) in [5, 5.41) is 12.7. The zero-order chi connectivity index (χ0) is 15.1. The Labute approximate surface area is 120 Å². The minimum Gasteiger partial charge on any atom is -0.391 e. The van der Waals surface area contributed by atoms with E-state index in [0.29, 0.717) is 22.9 Å². The number of halogens is 1. The van der Waals surface area contributed by atoms with Crippen molar-refractivity contribution in [2.24, 2.45) is 7.05 Å². The van der Waals surface area contributed by atoms with E-state index in [1.165, 1.54) is 10.7 Å². The fourth-order valence-electron chi connectivity index (χ4n) is 2.61. The van der Waals surface area contributed by atoms with Gasteiger partial charge < -0.3 is 9.84 Å². The Hall–Kier alpha value is -1.92. The largest absolute Gasteiger partial charge is 0.391 e. The van der Waals surface area contributed by atoms with Gasteiger partial charge in [-0.05, 0) is 31.1 Å². The number of nitrogens with zero attached hydrogens (tertiary/aromatic N) is 1. The first kappa shape index (κ1) is 14.0. The number of hydrogen-bond donors (Lipinski definition) is 2. The molecule has 0 radical (unpaired) electrons. The molecule has 2 atom stereocenters. The van der Waals surface area contributed by atoms with E-state index >= 15 is 0 Å². The van der Waals surface area contributed by atoms with E-state index in [9.17, 15) is 14.3 Å². The maximum absolute atomic E-state index is 14.2. The maximum Gasteiger partial charge on any atom is 0.274 e. The van der Waals surface area contributed by atoms with Crippen molar-refractivity contribution in [3.05, 3.63) is 39.9 Å². The molecule has 2 heterocycles. The number of aliphatic hydroxyl groups is 1. The van der Waals surface area contributed by atoms with E-state index < -0.39 is 11.9 Å². The van der Waals surface area contributed by atoms with Crippen LogP contribution >= 0.6 is 0 Å². The van der Waals surface area contributed by atoms with Gasteiger partial charge in [0, 0.05) is 12.6 Å². The van der Waals surface area contributed by atoms with Crippen LogP contribution in [0.15, 0.2) is 23.0 Å². The number of fused-ring (bicyclic) bond motifs is 1.